The molecule has 0 saturated carbocycles. The molecule has 0 fully saturated rings. The maximum absolute atomic E-state index is 6.14. The summed E-state index contributed by atoms with van der Waals surface area (Å²) < 4.78 is 0. The molecule has 0 aliphatic carbocycles. The monoisotopic (exact) mass is 255 g/mol. The molecule has 0 unspecified atom stereocenters. The van der Waals surface area contributed by atoms with Gasteiger partial charge in [0.2, 0.25) is 0 Å². The van der Waals surface area contributed by atoms with Crippen molar-refractivity contribution in [3.05, 3.63) is 35.4 Å². The average molecular weight is 256 g/mol. The predicted octanol–water partition coefficient (Wildman–Crippen LogP) is 4.60. The molecule has 1 rings (SSSR count). The lowest BCUT2D eigenvalue weighted by atomic mass is 9.86. The van der Waals surface area contributed by atoms with Crippen LogP contribution < -0.4 is 5.73 Å². The van der Waals surface area contributed by atoms with Crippen LogP contribution in [0, 0.1) is 0 Å². The van der Waals surface area contributed by atoms with Crippen LogP contribution in [0.4, 0.5) is 0 Å². The lowest BCUT2D eigenvalue weighted by Crippen LogP contribution is -2.13. The zero-order chi connectivity index (χ0) is 12.2. The molecule has 0 bridgehead atoms. The van der Waals surface area contributed by atoms with Crippen LogP contribution >= 0.6 is 12.4 Å². The van der Waals surface area contributed by atoms with Crippen LogP contribution in [0.2, 0.25) is 0 Å². The van der Waals surface area contributed by atoms with E-state index in [1.54, 1.807) is 0 Å². The minimum absolute atomic E-state index is 0. The van der Waals surface area contributed by atoms with Crippen molar-refractivity contribution in [2.75, 3.05) is 0 Å². The third kappa shape index (κ3) is 5.10. The van der Waals surface area contributed by atoms with E-state index >= 15 is 0 Å². The molecule has 98 valence electrons. The largest absolute Gasteiger partial charge is 0.324 e. The first-order chi connectivity index (χ1) is 7.45. The van der Waals surface area contributed by atoms with E-state index in [-0.39, 0.29) is 23.9 Å². The second kappa shape index (κ2) is 7.03. The Hall–Kier alpha value is -0.530. The normalized spacial score (nSPS) is 13.0. The maximum Gasteiger partial charge on any atom is 0.0294 e. The van der Waals surface area contributed by atoms with Crippen LogP contribution in [0.15, 0.2) is 24.3 Å². The van der Waals surface area contributed by atoms with Gasteiger partial charge in [-0.05, 0) is 23.0 Å². The maximum atomic E-state index is 6.14. The summed E-state index contributed by atoms with van der Waals surface area (Å²) in [4.78, 5) is 0. The second-order valence-electron chi connectivity index (χ2n) is 5.62. The topological polar surface area (TPSA) is 26.0 Å². The number of hydrogen-bond acceptors (Lipinski definition) is 1. The Morgan fingerprint density at radius 3 is 2.06 bits per heavy atom. The molecule has 1 aromatic carbocycles. The summed E-state index contributed by atoms with van der Waals surface area (Å²) >= 11 is 0. The lowest BCUT2D eigenvalue weighted by molar-refractivity contribution is 0.585. The Labute approximate surface area is 112 Å². The van der Waals surface area contributed by atoms with Crippen LogP contribution in [0.25, 0.3) is 0 Å². The minimum atomic E-state index is 0. The van der Waals surface area contributed by atoms with Gasteiger partial charge in [-0.2, -0.15) is 0 Å². The van der Waals surface area contributed by atoms with Crippen molar-refractivity contribution in [3.8, 4) is 0 Å². The van der Waals surface area contributed by atoms with Crippen LogP contribution in [-0.2, 0) is 5.41 Å². The third-order valence-electron chi connectivity index (χ3n) is 3.07. The van der Waals surface area contributed by atoms with Gasteiger partial charge in [0.1, 0.15) is 0 Å². The highest BCUT2D eigenvalue weighted by molar-refractivity contribution is 5.85. The molecular weight excluding hydrogens is 230 g/mol. The van der Waals surface area contributed by atoms with E-state index in [0.29, 0.717) is 0 Å². The molecule has 0 radical (unpaired) electrons. The molecule has 0 aliphatic heterocycles. The van der Waals surface area contributed by atoms with E-state index in [9.17, 15) is 0 Å². The first kappa shape index (κ1) is 16.5. The van der Waals surface area contributed by atoms with E-state index in [1.807, 2.05) is 0 Å². The first-order valence-electron chi connectivity index (χ1n) is 6.31. The highest BCUT2D eigenvalue weighted by Crippen LogP contribution is 2.24. The van der Waals surface area contributed by atoms with Gasteiger partial charge in [-0.3, -0.25) is 0 Å². The molecule has 2 heteroatoms. The van der Waals surface area contributed by atoms with Gasteiger partial charge in [0.05, 0.1) is 0 Å². The summed E-state index contributed by atoms with van der Waals surface area (Å²) in [6, 6.07) is 8.98. The zero-order valence-corrected chi connectivity index (χ0v) is 12.3. The van der Waals surface area contributed by atoms with Crippen molar-refractivity contribution in [3.63, 3.8) is 0 Å². The summed E-state index contributed by atoms with van der Waals surface area (Å²) in [5.74, 6) is 0. The van der Waals surface area contributed by atoms with E-state index in [1.165, 1.54) is 24.0 Å². The third-order valence-corrected chi connectivity index (χ3v) is 3.07. The molecule has 0 heterocycles. The van der Waals surface area contributed by atoms with Crippen LogP contribution in [-0.4, -0.2) is 0 Å². The number of hydrogen-bond donors (Lipinski definition) is 1. The van der Waals surface area contributed by atoms with Crippen molar-refractivity contribution < 1.29 is 0 Å². The van der Waals surface area contributed by atoms with Gasteiger partial charge >= 0.3 is 0 Å². The van der Waals surface area contributed by atoms with E-state index in [0.717, 1.165) is 6.42 Å². The van der Waals surface area contributed by atoms with Gasteiger partial charge in [0, 0.05) is 6.04 Å². The standard InChI is InChI=1S/C15H25N.ClH/c1-5-6-7-14(16)12-8-10-13(11-9-12)15(2,3)4;/h8-11,14H,5-7,16H2,1-4H3;1H/t14-;/m0./s1. The van der Waals surface area contributed by atoms with Crippen LogP contribution in [0.3, 0.4) is 0 Å². The van der Waals surface area contributed by atoms with Gasteiger partial charge in [0.15, 0.2) is 0 Å². The van der Waals surface area contributed by atoms with Crippen molar-refractivity contribution in [1.82, 2.24) is 0 Å². The molecule has 0 spiro atoms. The summed E-state index contributed by atoms with van der Waals surface area (Å²) in [6.07, 6.45) is 3.52. The lowest BCUT2D eigenvalue weighted by Gasteiger charge is -2.20. The SMILES string of the molecule is CCCC[C@H](N)c1ccc(C(C)(C)C)cc1.Cl. The summed E-state index contributed by atoms with van der Waals surface area (Å²) in [7, 11) is 0. The fourth-order valence-electron chi connectivity index (χ4n) is 1.82. The predicted molar refractivity (Wildman–Crippen MR) is 78.8 cm³/mol. The second-order valence-corrected chi connectivity index (χ2v) is 5.62. The number of benzene rings is 1. The average Bonchev–Trinajstić information content (AvgIpc) is 2.25. The van der Waals surface area contributed by atoms with Gasteiger partial charge in [0.25, 0.3) is 0 Å². The van der Waals surface area contributed by atoms with E-state index in [2.05, 4.69) is 52.0 Å². The zero-order valence-electron chi connectivity index (χ0n) is 11.5. The molecule has 17 heavy (non-hydrogen) atoms. The van der Waals surface area contributed by atoms with Crippen LogP contribution in [0.5, 0.6) is 0 Å². The van der Waals surface area contributed by atoms with Gasteiger partial charge in [-0.15, -0.1) is 12.4 Å². The fraction of sp³-hybridized carbons (Fsp3) is 0.600. The van der Waals surface area contributed by atoms with Gasteiger partial charge in [-0.25, -0.2) is 0 Å². The molecule has 2 N–H and O–H groups in total. The Morgan fingerprint density at radius 2 is 1.65 bits per heavy atom. The molecule has 0 aromatic heterocycles. The Morgan fingerprint density at radius 1 is 1.12 bits per heavy atom. The smallest absolute Gasteiger partial charge is 0.0294 e. The molecule has 0 saturated heterocycles. The fourth-order valence-corrected chi connectivity index (χ4v) is 1.82. The summed E-state index contributed by atoms with van der Waals surface area (Å²) in [6.45, 7) is 8.91. The van der Waals surface area contributed by atoms with Crippen LogP contribution in [0.1, 0.15) is 64.1 Å². The molecular formula is C15H26ClN. The van der Waals surface area contributed by atoms with Crippen molar-refractivity contribution in [2.24, 2.45) is 5.73 Å². The summed E-state index contributed by atoms with van der Waals surface area (Å²) in [5, 5.41) is 0. The molecule has 0 amide bonds. The van der Waals surface area contributed by atoms with Crippen molar-refractivity contribution >= 4 is 12.4 Å². The van der Waals surface area contributed by atoms with Crippen molar-refractivity contribution in [2.45, 2.75) is 58.4 Å². The Bertz CT molecular complexity index is 311. The number of nitrogens with two attached hydrogens (primary N) is 1. The quantitative estimate of drug-likeness (QED) is 0.836. The highest BCUT2D eigenvalue weighted by Gasteiger charge is 2.13. The number of halogens is 1. The molecule has 1 aromatic rings. The molecule has 1 nitrogen and oxygen atoms in total. The first-order valence-corrected chi connectivity index (χ1v) is 6.31. The number of unbranched alkanes of at least 4 members (excludes halogenated alkanes) is 1. The highest BCUT2D eigenvalue weighted by atomic mass is 35.5. The molecule has 0 aliphatic rings. The minimum Gasteiger partial charge on any atom is -0.324 e. The summed E-state index contributed by atoms with van der Waals surface area (Å²) in [5.41, 5.74) is 9.01. The number of rotatable bonds is 4. The Balaban J connectivity index is 0.00000256. The van der Waals surface area contributed by atoms with Gasteiger partial charge < -0.3 is 5.73 Å². The molecule has 1 atom stereocenters. The van der Waals surface area contributed by atoms with Gasteiger partial charge in [-0.1, -0.05) is 64.8 Å². The Kier molecular flexibility index (Phi) is 6.81. The van der Waals surface area contributed by atoms with E-state index < -0.39 is 0 Å². The van der Waals surface area contributed by atoms with E-state index in [4.69, 9.17) is 5.73 Å². The van der Waals surface area contributed by atoms with Crippen molar-refractivity contribution in [1.29, 1.82) is 0 Å².